The predicted octanol–water partition coefficient (Wildman–Crippen LogP) is 3.31. The molecule has 1 unspecified atom stereocenters. The molecule has 1 atom stereocenters. The van der Waals surface area contributed by atoms with E-state index in [9.17, 15) is 15.3 Å². The lowest BCUT2D eigenvalue weighted by Gasteiger charge is -2.10. The van der Waals surface area contributed by atoms with Crippen LogP contribution in [0.5, 0.6) is 28.7 Å². The maximum Gasteiger partial charge on any atom is 0.206 e. The van der Waals surface area contributed by atoms with Crippen molar-refractivity contribution in [3.05, 3.63) is 46.1 Å². The summed E-state index contributed by atoms with van der Waals surface area (Å²) in [6.45, 7) is 1.26. The van der Waals surface area contributed by atoms with Gasteiger partial charge in [-0.15, -0.1) is 11.3 Å². The number of nitrogens with zero attached hydrogens (tertiary/aromatic N) is 3. The first-order valence-corrected chi connectivity index (χ1v) is 11.2. The fourth-order valence-corrected chi connectivity index (χ4v) is 4.36. The van der Waals surface area contributed by atoms with Gasteiger partial charge < -0.3 is 29.5 Å². The van der Waals surface area contributed by atoms with Gasteiger partial charge in [0.2, 0.25) is 10.6 Å². The van der Waals surface area contributed by atoms with Crippen molar-refractivity contribution in [2.45, 2.75) is 18.9 Å². The first-order chi connectivity index (χ1) is 16.0. The second kappa shape index (κ2) is 9.97. The summed E-state index contributed by atoms with van der Waals surface area (Å²) in [5, 5.41) is 36.7. The van der Waals surface area contributed by atoms with Gasteiger partial charge in [0.05, 0.1) is 38.8 Å². The molecule has 0 bridgehead atoms. The van der Waals surface area contributed by atoms with Gasteiger partial charge >= 0.3 is 0 Å². The van der Waals surface area contributed by atoms with Crippen LogP contribution in [0.1, 0.15) is 18.4 Å². The molecule has 2 aromatic carbocycles. The minimum absolute atomic E-state index is 0.0342. The van der Waals surface area contributed by atoms with Crippen molar-refractivity contribution in [3.63, 3.8) is 0 Å². The molecule has 2 heterocycles. The van der Waals surface area contributed by atoms with E-state index >= 15 is 0 Å². The molecule has 0 saturated carbocycles. The normalized spacial score (nSPS) is 16.5. The minimum atomic E-state index is -0.0951. The molecule has 0 radical (unpaired) electrons. The molecule has 0 spiro atoms. The molecule has 0 aliphatic carbocycles. The van der Waals surface area contributed by atoms with Crippen LogP contribution in [0, 0.1) is 0 Å². The Bertz CT molecular complexity index is 1200. The third-order valence-electron chi connectivity index (χ3n) is 5.22. The van der Waals surface area contributed by atoms with Gasteiger partial charge in [0.25, 0.3) is 0 Å². The monoisotopic (exact) mass is 471 g/mol. The van der Waals surface area contributed by atoms with Crippen LogP contribution in [-0.4, -0.2) is 59.7 Å². The van der Waals surface area contributed by atoms with Gasteiger partial charge in [-0.3, -0.25) is 4.99 Å². The highest BCUT2D eigenvalue weighted by Gasteiger charge is 2.16. The Morgan fingerprint density at radius 1 is 1.15 bits per heavy atom. The van der Waals surface area contributed by atoms with Crippen LogP contribution in [0.4, 0.5) is 0 Å². The van der Waals surface area contributed by atoms with Gasteiger partial charge in [-0.05, 0) is 37.1 Å². The molecule has 4 rings (SSSR count). The number of hydrogen-bond acceptors (Lipinski definition) is 9. The smallest absolute Gasteiger partial charge is 0.206 e. The average Bonchev–Trinajstić information content (AvgIpc) is 3.47. The highest BCUT2D eigenvalue weighted by atomic mass is 32.1. The Kier molecular flexibility index (Phi) is 6.85. The van der Waals surface area contributed by atoms with Crippen LogP contribution in [0.15, 0.2) is 45.8 Å². The van der Waals surface area contributed by atoms with Crippen molar-refractivity contribution in [3.8, 4) is 40.0 Å². The number of thiazole rings is 1. The van der Waals surface area contributed by atoms with E-state index in [-0.39, 0.29) is 34.9 Å². The van der Waals surface area contributed by atoms with E-state index in [1.165, 1.54) is 37.7 Å². The summed E-state index contributed by atoms with van der Waals surface area (Å²) in [7, 11) is 2.91. The number of aromatic hydroxyl groups is 3. The lowest BCUT2D eigenvalue weighted by Crippen LogP contribution is -2.17. The zero-order valence-corrected chi connectivity index (χ0v) is 19.1. The maximum absolute atomic E-state index is 10.4. The van der Waals surface area contributed by atoms with E-state index in [1.807, 2.05) is 5.38 Å². The number of rotatable bonds is 7. The number of hydrogen-bond donors (Lipinski definition) is 3. The van der Waals surface area contributed by atoms with E-state index in [4.69, 9.17) is 19.2 Å². The zero-order valence-electron chi connectivity index (χ0n) is 18.3. The summed E-state index contributed by atoms with van der Waals surface area (Å²) in [6.07, 6.45) is 3.67. The SMILES string of the molecule is COc1cc(C=Nn2c(-c3ccc(O)cc3O)csc2=NCC2CCCO2)cc(OC)c1O. The van der Waals surface area contributed by atoms with E-state index in [1.54, 1.807) is 29.1 Å². The number of phenolic OH excluding ortho intramolecular Hbond substituents is 3. The standard InChI is InChI=1S/C23H25N3O6S/c1-30-20-8-14(9-21(31-2)22(20)29)11-25-26-18(17-6-5-15(27)10-19(17)28)13-33-23(26)24-12-16-4-3-7-32-16/h5-6,8-11,13,16,27-29H,3-4,7,12H2,1-2H3. The molecule has 1 saturated heterocycles. The van der Waals surface area contributed by atoms with Crippen LogP contribution in [0.2, 0.25) is 0 Å². The highest BCUT2D eigenvalue weighted by molar-refractivity contribution is 7.07. The predicted molar refractivity (Wildman–Crippen MR) is 125 cm³/mol. The third-order valence-corrected chi connectivity index (χ3v) is 6.08. The first-order valence-electron chi connectivity index (χ1n) is 10.3. The Morgan fingerprint density at radius 3 is 2.55 bits per heavy atom. The molecular weight excluding hydrogens is 446 g/mol. The summed E-state index contributed by atoms with van der Waals surface area (Å²) < 4.78 is 17.7. The van der Waals surface area contributed by atoms with Gasteiger partial charge in [0.15, 0.2) is 11.5 Å². The second-order valence-corrected chi connectivity index (χ2v) is 8.25. The van der Waals surface area contributed by atoms with Crippen molar-refractivity contribution in [1.82, 2.24) is 4.68 Å². The van der Waals surface area contributed by atoms with Crippen LogP contribution >= 0.6 is 11.3 Å². The van der Waals surface area contributed by atoms with Crippen molar-refractivity contribution in [2.75, 3.05) is 27.4 Å². The molecule has 174 valence electrons. The molecule has 3 aromatic rings. The summed E-state index contributed by atoms with van der Waals surface area (Å²) in [5.74, 6) is 0.308. The van der Waals surface area contributed by atoms with E-state index in [2.05, 4.69) is 5.10 Å². The second-order valence-electron chi connectivity index (χ2n) is 7.41. The third kappa shape index (κ3) is 4.96. The van der Waals surface area contributed by atoms with Crippen LogP contribution in [0.3, 0.4) is 0 Å². The fourth-order valence-electron chi connectivity index (χ4n) is 3.52. The Balaban J connectivity index is 1.77. The van der Waals surface area contributed by atoms with Gasteiger partial charge in [-0.1, -0.05) is 0 Å². The summed E-state index contributed by atoms with van der Waals surface area (Å²) in [6, 6.07) is 7.67. The fraction of sp³-hybridized carbons (Fsp3) is 0.304. The van der Waals surface area contributed by atoms with Gasteiger partial charge in [0.1, 0.15) is 11.5 Å². The number of aromatic nitrogens is 1. The lowest BCUT2D eigenvalue weighted by atomic mass is 10.1. The summed E-state index contributed by atoms with van der Waals surface area (Å²) in [4.78, 5) is 5.32. The molecule has 1 aliphatic heterocycles. The molecule has 1 aliphatic rings. The molecule has 9 nitrogen and oxygen atoms in total. The summed E-state index contributed by atoms with van der Waals surface area (Å²) in [5.41, 5.74) is 1.74. The molecule has 10 heteroatoms. The minimum Gasteiger partial charge on any atom is -0.508 e. The van der Waals surface area contributed by atoms with Gasteiger partial charge in [-0.2, -0.15) is 5.10 Å². The number of phenols is 3. The summed E-state index contributed by atoms with van der Waals surface area (Å²) >= 11 is 1.38. The largest absolute Gasteiger partial charge is 0.508 e. The Hall–Kier alpha value is -3.50. The van der Waals surface area contributed by atoms with Crippen molar-refractivity contribution < 1.29 is 29.5 Å². The number of methoxy groups -OCH3 is 2. The van der Waals surface area contributed by atoms with Crippen molar-refractivity contribution in [1.29, 1.82) is 0 Å². The average molecular weight is 472 g/mol. The van der Waals surface area contributed by atoms with Crippen molar-refractivity contribution in [2.24, 2.45) is 10.1 Å². The van der Waals surface area contributed by atoms with E-state index in [0.717, 1.165) is 19.4 Å². The molecule has 1 aromatic heterocycles. The molecule has 3 N–H and O–H groups in total. The van der Waals surface area contributed by atoms with Gasteiger partial charge in [0, 0.05) is 29.2 Å². The molecule has 33 heavy (non-hydrogen) atoms. The maximum atomic E-state index is 10.4. The topological polar surface area (TPSA) is 118 Å². The molecule has 0 amide bonds. The van der Waals surface area contributed by atoms with Crippen LogP contribution in [-0.2, 0) is 4.74 Å². The quantitative estimate of drug-likeness (QED) is 0.455. The van der Waals surface area contributed by atoms with Crippen LogP contribution in [0.25, 0.3) is 11.3 Å². The highest BCUT2D eigenvalue weighted by Crippen LogP contribution is 2.37. The molecule has 1 fully saturated rings. The van der Waals surface area contributed by atoms with E-state index < -0.39 is 0 Å². The first kappa shape index (κ1) is 22.7. The molecular formula is C23H25N3O6S. The van der Waals surface area contributed by atoms with Gasteiger partial charge in [-0.25, -0.2) is 4.68 Å². The van der Waals surface area contributed by atoms with Crippen molar-refractivity contribution >= 4 is 17.6 Å². The van der Waals surface area contributed by atoms with E-state index in [0.29, 0.717) is 28.2 Å². The Labute approximate surface area is 194 Å². The van der Waals surface area contributed by atoms with Crippen LogP contribution < -0.4 is 14.3 Å². The number of ether oxygens (including phenoxy) is 3. The zero-order chi connectivity index (χ0) is 23.4. The lowest BCUT2D eigenvalue weighted by molar-refractivity contribution is 0.117. The Morgan fingerprint density at radius 2 is 1.91 bits per heavy atom. The number of benzene rings is 2.